The summed E-state index contributed by atoms with van der Waals surface area (Å²) in [4.78, 5) is 24.3. The normalized spacial score (nSPS) is 11.8. The van der Waals surface area contributed by atoms with E-state index in [1.54, 1.807) is 13.0 Å². The second-order valence-electron chi connectivity index (χ2n) is 4.53. The van der Waals surface area contributed by atoms with Gasteiger partial charge in [-0.3, -0.25) is 4.79 Å². The van der Waals surface area contributed by atoms with Crippen molar-refractivity contribution in [2.45, 2.75) is 20.4 Å². The van der Waals surface area contributed by atoms with Crippen LogP contribution in [0.5, 0.6) is 0 Å². The highest BCUT2D eigenvalue weighted by atomic mass is 35.5. The third-order valence-corrected chi connectivity index (χ3v) is 3.34. The van der Waals surface area contributed by atoms with Crippen molar-refractivity contribution < 1.29 is 14.7 Å². The number of carboxylic acid groups (broad SMARTS) is 1. The summed E-state index contributed by atoms with van der Waals surface area (Å²) in [6.45, 7) is 4.33. The quantitative estimate of drug-likeness (QED) is 0.848. The van der Waals surface area contributed by atoms with Gasteiger partial charge in [-0.2, -0.15) is 0 Å². The molecular weight excluding hydrogens is 280 g/mol. The minimum atomic E-state index is -0.914. The summed E-state index contributed by atoms with van der Waals surface area (Å²) < 4.78 is 0. The molecular formula is C14H19ClN2O3. The lowest BCUT2D eigenvalue weighted by Crippen LogP contribution is -2.42. The van der Waals surface area contributed by atoms with Crippen LogP contribution in [0, 0.1) is 5.92 Å². The summed E-state index contributed by atoms with van der Waals surface area (Å²) in [7, 11) is 0. The first-order chi connectivity index (χ1) is 9.45. The van der Waals surface area contributed by atoms with E-state index in [-0.39, 0.29) is 12.6 Å². The maximum Gasteiger partial charge on any atom is 0.317 e. The second-order valence-corrected chi connectivity index (χ2v) is 4.94. The molecule has 0 aromatic heterocycles. The molecule has 0 aliphatic rings. The molecule has 0 saturated heterocycles. The molecule has 110 valence electrons. The molecule has 6 heteroatoms. The Morgan fingerprint density at radius 2 is 2.05 bits per heavy atom. The van der Waals surface area contributed by atoms with Crippen LogP contribution in [0.15, 0.2) is 24.3 Å². The van der Waals surface area contributed by atoms with Gasteiger partial charge in [0, 0.05) is 24.7 Å². The van der Waals surface area contributed by atoms with Crippen LogP contribution in [0.1, 0.15) is 19.4 Å². The molecule has 0 bridgehead atoms. The van der Waals surface area contributed by atoms with Gasteiger partial charge >= 0.3 is 12.0 Å². The number of halogens is 1. The number of amides is 2. The number of hydrogen-bond donors (Lipinski definition) is 2. The van der Waals surface area contributed by atoms with Gasteiger partial charge in [0.25, 0.3) is 0 Å². The summed E-state index contributed by atoms with van der Waals surface area (Å²) in [5, 5.41) is 12.2. The minimum absolute atomic E-state index is 0.181. The number of benzene rings is 1. The van der Waals surface area contributed by atoms with Gasteiger partial charge in [0.1, 0.15) is 0 Å². The number of carbonyl (C=O) groups is 2. The lowest BCUT2D eigenvalue weighted by atomic mass is 10.2. The SMILES string of the molecule is CCN(CC(C)C(=O)O)C(=O)NCc1ccccc1Cl. The monoisotopic (exact) mass is 298 g/mol. The summed E-state index contributed by atoms with van der Waals surface area (Å²) in [5.74, 6) is -1.51. The molecule has 20 heavy (non-hydrogen) atoms. The van der Waals surface area contributed by atoms with Crippen molar-refractivity contribution in [3.05, 3.63) is 34.9 Å². The first kappa shape index (κ1) is 16.3. The van der Waals surface area contributed by atoms with E-state index in [0.29, 0.717) is 18.1 Å². The fourth-order valence-corrected chi connectivity index (χ4v) is 1.89. The minimum Gasteiger partial charge on any atom is -0.481 e. The molecule has 0 fully saturated rings. The van der Waals surface area contributed by atoms with Gasteiger partial charge in [0.2, 0.25) is 0 Å². The highest BCUT2D eigenvalue weighted by Gasteiger charge is 2.19. The molecule has 0 spiro atoms. The average molecular weight is 299 g/mol. The van der Waals surface area contributed by atoms with Crippen LogP contribution in [-0.4, -0.2) is 35.1 Å². The van der Waals surface area contributed by atoms with Crippen LogP contribution >= 0.6 is 11.6 Å². The summed E-state index contributed by atoms with van der Waals surface area (Å²) in [6, 6.07) is 6.96. The summed E-state index contributed by atoms with van der Waals surface area (Å²) >= 11 is 6.00. The fourth-order valence-electron chi connectivity index (χ4n) is 1.69. The van der Waals surface area contributed by atoms with Crippen molar-refractivity contribution >= 4 is 23.6 Å². The van der Waals surface area contributed by atoms with Crippen LogP contribution < -0.4 is 5.32 Å². The van der Waals surface area contributed by atoms with Crippen molar-refractivity contribution in [1.29, 1.82) is 0 Å². The molecule has 1 rings (SSSR count). The van der Waals surface area contributed by atoms with Crippen molar-refractivity contribution in [2.75, 3.05) is 13.1 Å². The Bertz CT molecular complexity index is 479. The average Bonchev–Trinajstić information content (AvgIpc) is 2.43. The molecule has 1 aromatic rings. The van der Waals surface area contributed by atoms with E-state index in [0.717, 1.165) is 5.56 Å². The van der Waals surface area contributed by atoms with E-state index >= 15 is 0 Å². The molecule has 1 aromatic carbocycles. The second kappa shape index (κ2) is 7.75. The zero-order valence-corrected chi connectivity index (χ0v) is 12.4. The number of carbonyl (C=O) groups excluding carboxylic acids is 1. The van der Waals surface area contributed by atoms with Gasteiger partial charge in [-0.25, -0.2) is 4.79 Å². The van der Waals surface area contributed by atoms with E-state index in [1.807, 2.05) is 25.1 Å². The molecule has 0 radical (unpaired) electrons. The molecule has 5 nitrogen and oxygen atoms in total. The zero-order valence-electron chi connectivity index (χ0n) is 11.6. The first-order valence-corrected chi connectivity index (χ1v) is 6.82. The molecule has 0 heterocycles. The zero-order chi connectivity index (χ0) is 15.1. The Morgan fingerprint density at radius 3 is 2.60 bits per heavy atom. The van der Waals surface area contributed by atoms with Gasteiger partial charge in [-0.1, -0.05) is 36.7 Å². The maximum atomic E-state index is 12.0. The highest BCUT2D eigenvalue weighted by Crippen LogP contribution is 2.14. The third kappa shape index (κ3) is 4.74. The number of aliphatic carboxylic acids is 1. The van der Waals surface area contributed by atoms with Crippen LogP contribution in [0.4, 0.5) is 4.79 Å². The maximum absolute atomic E-state index is 12.0. The molecule has 1 atom stereocenters. The first-order valence-electron chi connectivity index (χ1n) is 6.44. The van der Waals surface area contributed by atoms with Gasteiger partial charge in [-0.15, -0.1) is 0 Å². The van der Waals surface area contributed by atoms with E-state index < -0.39 is 11.9 Å². The predicted octanol–water partition coefficient (Wildman–Crippen LogP) is 2.59. The summed E-state index contributed by atoms with van der Waals surface area (Å²) in [5.41, 5.74) is 0.824. The largest absolute Gasteiger partial charge is 0.481 e. The number of hydrogen-bond acceptors (Lipinski definition) is 2. The van der Waals surface area contributed by atoms with Crippen LogP contribution in [0.2, 0.25) is 5.02 Å². The van der Waals surface area contributed by atoms with E-state index in [9.17, 15) is 9.59 Å². The van der Waals surface area contributed by atoms with Crippen molar-refractivity contribution in [3.8, 4) is 0 Å². The molecule has 2 N–H and O–H groups in total. The van der Waals surface area contributed by atoms with Gasteiger partial charge in [-0.05, 0) is 18.6 Å². The molecule has 1 unspecified atom stereocenters. The van der Waals surface area contributed by atoms with Gasteiger partial charge in [0.05, 0.1) is 5.92 Å². The van der Waals surface area contributed by atoms with E-state index in [4.69, 9.17) is 16.7 Å². The number of rotatable bonds is 6. The third-order valence-electron chi connectivity index (χ3n) is 2.97. The standard InChI is InChI=1S/C14H19ClN2O3/c1-3-17(9-10(2)13(18)19)14(20)16-8-11-6-4-5-7-12(11)15/h4-7,10H,3,8-9H2,1-2H3,(H,16,20)(H,18,19). The Hall–Kier alpha value is -1.75. The van der Waals surface area contributed by atoms with E-state index in [2.05, 4.69) is 5.32 Å². The van der Waals surface area contributed by atoms with Gasteiger partial charge in [0.15, 0.2) is 0 Å². The fraction of sp³-hybridized carbons (Fsp3) is 0.429. The smallest absolute Gasteiger partial charge is 0.317 e. The topological polar surface area (TPSA) is 69.6 Å². The number of carboxylic acids is 1. The van der Waals surface area contributed by atoms with Crippen LogP contribution in [0.25, 0.3) is 0 Å². The number of nitrogens with one attached hydrogen (secondary N) is 1. The Kier molecular flexibility index (Phi) is 6.31. The number of urea groups is 1. The summed E-state index contributed by atoms with van der Waals surface area (Å²) in [6.07, 6.45) is 0. The Labute approximate surface area is 123 Å². The van der Waals surface area contributed by atoms with Crippen LogP contribution in [-0.2, 0) is 11.3 Å². The molecule has 0 aliphatic carbocycles. The van der Waals surface area contributed by atoms with Gasteiger partial charge < -0.3 is 15.3 Å². The highest BCUT2D eigenvalue weighted by molar-refractivity contribution is 6.31. The number of nitrogens with zero attached hydrogens (tertiary/aromatic N) is 1. The Morgan fingerprint density at radius 1 is 1.40 bits per heavy atom. The van der Waals surface area contributed by atoms with Crippen molar-refractivity contribution in [3.63, 3.8) is 0 Å². The lowest BCUT2D eigenvalue weighted by Gasteiger charge is -2.23. The molecule has 0 saturated carbocycles. The van der Waals surface area contributed by atoms with Crippen molar-refractivity contribution in [1.82, 2.24) is 10.2 Å². The molecule has 0 aliphatic heterocycles. The molecule has 2 amide bonds. The predicted molar refractivity (Wildman–Crippen MR) is 77.7 cm³/mol. The Balaban J connectivity index is 2.56. The van der Waals surface area contributed by atoms with Crippen molar-refractivity contribution in [2.24, 2.45) is 5.92 Å². The lowest BCUT2D eigenvalue weighted by molar-refractivity contribution is -0.141. The van der Waals surface area contributed by atoms with Crippen LogP contribution in [0.3, 0.4) is 0 Å². The van der Waals surface area contributed by atoms with E-state index in [1.165, 1.54) is 4.90 Å².